The zero-order valence-corrected chi connectivity index (χ0v) is 17.6. The predicted molar refractivity (Wildman–Crippen MR) is 115 cm³/mol. The van der Waals surface area contributed by atoms with Crippen molar-refractivity contribution in [2.24, 2.45) is 0 Å². The van der Waals surface area contributed by atoms with Crippen LogP contribution in [0.1, 0.15) is 34.1 Å². The summed E-state index contributed by atoms with van der Waals surface area (Å²) in [6, 6.07) is 15.9. The second-order valence-corrected chi connectivity index (χ2v) is 8.78. The van der Waals surface area contributed by atoms with E-state index in [9.17, 15) is 4.79 Å². The summed E-state index contributed by atoms with van der Waals surface area (Å²) in [5, 5.41) is 6.68. The summed E-state index contributed by atoms with van der Waals surface area (Å²) in [5.74, 6) is 1.99. The number of thiazole rings is 1. The summed E-state index contributed by atoms with van der Waals surface area (Å²) >= 11 is 3.43. The minimum absolute atomic E-state index is 0.0721. The van der Waals surface area contributed by atoms with E-state index < -0.39 is 0 Å². The topological polar surface area (TPSA) is 80.9 Å². The van der Waals surface area contributed by atoms with Gasteiger partial charge in [0, 0.05) is 24.3 Å². The van der Waals surface area contributed by atoms with Crippen molar-refractivity contribution in [3.8, 4) is 0 Å². The molecule has 0 spiro atoms. The molecule has 4 aromatic rings. The van der Waals surface area contributed by atoms with Crippen LogP contribution >= 0.6 is 23.1 Å². The highest BCUT2D eigenvalue weighted by atomic mass is 32.2. The van der Waals surface area contributed by atoms with Gasteiger partial charge in [-0.3, -0.25) is 4.79 Å². The molecule has 0 unspecified atom stereocenters. The number of hydrogen-bond donors (Lipinski definition) is 1. The smallest absolute Gasteiger partial charge is 0.251 e. The van der Waals surface area contributed by atoms with Crippen molar-refractivity contribution < 1.29 is 9.32 Å². The maximum absolute atomic E-state index is 12.3. The lowest BCUT2D eigenvalue weighted by Gasteiger charge is -2.05. The van der Waals surface area contributed by atoms with Gasteiger partial charge in [0.15, 0.2) is 10.2 Å². The summed E-state index contributed by atoms with van der Waals surface area (Å²) in [6.07, 6.45) is 1.41. The number of benzene rings is 2. The van der Waals surface area contributed by atoms with Gasteiger partial charge in [0.2, 0.25) is 5.89 Å². The maximum Gasteiger partial charge on any atom is 0.251 e. The number of carbonyl (C=O) groups excluding carboxylic acids is 1. The van der Waals surface area contributed by atoms with E-state index in [0.717, 1.165) is 27.6 Å². The summed E-state index contributed by atoms with van der Waals surface area (Å²) in [7, 11) is 0. The molecular weight excluding hydrogens is 404 g/mol. The Morgan fingerprint density at radius 3 is 2.72 bits per heavy atom. The highest BCUT2D eigenvalue weighted by Gasteiger charge is 2.08. The third kappa shape index (κ3) is 5.21. The van der Waals surface area contributed by atoms with Crippen LogP contribution < -0.4 is 5.32 Å². The van der Waals surface area contributed by atoms with Gasteiger partial charge < -0.3 is 9.84 Å². The fourth-order valence-corrected chi connectivity index (χ4v) is 4.82. The van der Waals surface area contributed by atoms with Crippen LogP contribution in [-0.4, -0.2) is 27.6 Å². The molecule has 2 aromatic heterocycles. The van der Waals surface area contributed by atoms with Crippen molar-refractivity contribution in [1.29, 1.82) is 0 Å². The number of thioether (sulfide) groups is 1. The number of amides is 1. The molecule has 8 heteroatoms. The van der Waals surface area contributed by atoms with E-state index in [1.165, 1.54) is 4.70 Å². The van der Waals surface area contributed by atoms with Crippen molar-refractivity contribution in [2.75, 3.05) is 6.54 Å². The van der Waals surface area contributed by atoms with E-state index in [0.29, 0.717) is 30.2 Å². The maximum atomic E-state index is 12.3. The van der Waals surface area contributed by atoms with Gasteiger partial charge in [-0.25, -0.2) is 4.98 Å². The lowest BCUT2D eigenvalue weighted by atomic mass is 10.1. The zero-order valence-electron chi connectivity index (χ0n) is 15.9. The fraction of sp³-hybridized carbons (Fsp3) is 0.238. The third-order valence-corrected chi connectivity index (χ3v) is 6.53. The average molecular weight is 425 g/mol. The Labute approximate surface area is 176 Å². The van der Waals surface area contributed by atoms with Gasteiger partial charge in [-0.2, -0.15) is 4.98 Å². The van der Waals surface area contributed by atoms with Gasteiger partial charge >= 0.3 is 0 Å². The highest BCUT2D eigenvalue weighted by molar-refractivity contribution is 8.00. The molecule has 148 valence electrons. The first-order chi connectivity index (χ1) is 14.2. The van der Waals surface area contributed by atoms with E-state index in [4.69, 9.17) is 4.52 Å². The van der Waals surface area contributed by atoms with Gasteiger partial charge in [-0.1, -0.05) is 41.2 Å². The Balaban J connectivity index is 1.24. The highest BCUT2D eigenvalue weighted by Crippen LogP contribution is 2.31. The van der Waals surface area contributed by atoms with E-state index in [-0.39, 0.29) is 5.91 Å². The lowest BCUT2D eigenvalue weighted by Crippen LogP contribution is -2.24. The van der Waals surface area contributed by atoms with Crippen LogP contribution in [-0.2, 0) is 12.2 Å². The van der Waals surface area contributed by atoms with Crippen molar-refractivity contribution in [3.05, 3.63) is 71.4 Å². The molecule has 0 saturated carbocycles. The number of aryl methyl sites for hydroxylation is 2. The molecule has 0 bridgehead atoms. The molecule has 0 radical (unpaired) electrons. The van der Waals surface area contributed by atoms with E-state index in [1.807, 2.05) is 42.5 Å². The summed E-state index contributed by atoms with van der Waals surface area (Å²) < 4.78 is 7.33. The molecule has 1 N–H and O–H groups in total. The fourth-order valence-electron chi connectivity index (χ4n) is 2.80. The molecule has 4 rings (SSSR count). The van der Waals surface area contributed by atoms with Crippen molar-refractivity contribution in [1.82, 2.24) is 20.4 Å². The Bertz CT molecular complexity index is 1070. The van der Waals surface area contributed by atoms with Gasteiger partial charge in [0.05, 0.1) is 10.2 Å². The van der Waals surface area contributed by atoms with Gasteiger partial charge in [-0.15, -0.1) is 11.3 Å². The van der Waals surface area contributed by atoms with Crippen LogP contribution in [0.3, 0.4) is 0 Å². The first-order valence-corrected chi connectivity index (χ1v) is 11.1. The standard InChI is InChI=1S/C21H20N4O2S2/c1-14-23-19(27-25-14)7-4-12-22-20(26)16-10-8-15(9-11-16)13-28-21-24-17-5-2-3-6-18(17)29-21/h2-3,5-6,8-11H,4,7,12-13H2,1H3,(H,22,26). The average Bonchev–Trinajstić information content (AvgIpc) is 3.35. The second-order valence-electron chi connectivity index (χ2n) is 6.53. The number of rotatable bonds is 8. The number of fused-ring (bicyclic) bond motifs is 1. The molecule has 0 aliphatic heterocycles. The second kappa shape index (κ2) is 9.19. The van der Waals surface area contributed by atoms with Crippen LogP contribution in [0.25, 0.3) is 10.2 Å². The predicted octanol–water partition coefficient (Wildman–Crippen LogP) is 4.64. The number of aromatic nitrogens is 3. The summed E-state index contributed by atoms with van der Waals surface area (Å²) in [6.45, 7) is 2.35. The van der Waals surface area contributed by atoms with Crippen molar-refractivity contribution in [3.63, 3.8) is 0 Å². The van der Waals surface area contributed by atoms with Crippen LogP contribution in [0.5, 0.6) is 0 Å². The van der Waals surface area contributed by atoms with Gasteiger partial charge in [-0.05, 0) is 43.2 Å². The number of carbonyl (C=O) groups is 1. The molecule has 2 heterocycles. The minimum Gasteiger partial charge on any atom is -0.352 e. The van der Waals surface area contributed by atoms with E-state index in [2.05, 4.69) is 26.5 Å². The molecule has 2 aromatic carbocycles. The summed E-state index contributed by atoms with van der Waals surface area (Å²) in [4.78, 5) is 21.1. The Kier molecular flexibility index (Phi) is 6.21. The van der Waals surface area contributed by atoms with Crippen LogP contribution in [0, 0.1) is 6.92 Å². The van der Waals surface area contributed by atoms with Crippen molar-refractivity contribution >= 4 is 39.2 Å². The third-order valence-electron chi connectivity index (χ3n) is 4.28. The Hall–Kier alpha value is -2.71. The number of para-hydroxylation sites is 1. The molecule has 29 heavy (non-hydrogen) atoms. The molecular formula is C21H20N4O2S2. The van der Waals surface area contributed by atoms with Crippen LogP contribution in [0.2, 0.25) is 0 Å². The SMILES string of the molecule is Cc1noc(CCCNC(=O)c2ccc(CSc3nc4ccccc4s3)cc2)n1. The number of hydrogen-bond acceptors (Lipinski definition) is 7. The van der Waals surface area contributed by atoms with Gasteiger partial charge in [0.1, 0.15) is 0 Å². The Morgan fingerprint density at radius 2 is 1.97 bits per heavy atom. The van der Waals surface area contributed by atoms with E-state index in [1.54, 1.807) is 30.0 Å². The number of nitrogens with one attached hydrogen (secondary N) is 1. The lowest BCUT2D eigenvalue weighted by molar-refractivity contribution is 0.0953. The molecule has 1 amide bonds. The van der Waals surface area contributed by atoms with Crippen molar-refractivity contribution in [2.45, 2.75) is 29.9 Å². The van der Waals surface area contributed by atoms with Gasteiger partial charge in [0.25, 0.3) is 5.91 Å². The van der Waals surface area contributed by atoms with Crippen LogP contribution in [0.15, 0.2) is 57.4 Å². The van der Waals surface area contributed by atoms with E-state index >= 15 is 0 Å². The molecule has 0 aliphatic rings. The van der Waals surface area contributed by atoms with Crippen LogP contribution in [0.4, 0.5) is 0 Å². The molecule has 0 atom stereocenters. The Morgan fingerprint density at radius 1 is 1.14 bits per heavy atom. The normalized spacial score (nSPS) is 11.1. The molecule has 0 aliphatic carbocycles. The largest absolute Gasteiger partial charge is 0.352 e. The molecule has 0 fully saturated rings. The first kappa shape index (κ1) is 19.6. The minimum atomic E-state index is -0.0721. The monoisotopic (exact) mass is 424 g/mol. The quantitative estimate of drug-likeness (QED) is 0.328. The first-order valence-electron chi connectivity index (χ1n) is 9.32. The zero-order chi connectivity index (χ0) is 20.1. The number of nitrogens with zero attached hydrogens (tertiary/aromatic N) is 3. The molecule has 6 nitrogen and oxygen atoms in total. The summed E-state index contributed by atoms with van der Waals surface area (Å²) in [5.41, 5.74) is 2.87. The molecule has 0 saturated heterocycles.